The fourth-order valence-electron chi connectivity index (χ4n) is 1.70. The third-order valence-electron chi connectivity index (χ3n) is 2.57. The van der Waals surface area contributed by atoms with Crippen LogP contribution < -0.4 is 9.86 Å². The molecular weight excluding hydrogens is 400 g/mol. The maximum Gasteiger partial charge on any atom is 0.263 e. The van der Waals surface area contributed by atoms with E-state index in [4.69, 9.17) is 5.14 Å². The summed E-state index contributed by atoms with van der Waals surface area (Å²) < 4.78 is 50.6. The minimum Gasteiger partial charge on any atom is -0.278 e. The van der Waals surface area contributed by atoms with Crippen molar-refractivity contribution in [3.05, 3.63) is 39.0 Å². The van der Waals surface area contributed by atoms with E-state index in [1.807, 2.05) is 0 Å². The van der Waals surface area contributed by atoms with Crippen LogP contribution in [0, 0.1) is 6.92 Å². The summed E-state index contributed by atoms with van der Waals surface area (Å²) >= 11 is 4.49. The van der Waals surface area contributed by atoms with Crippen LogP contribution in [0.25, 0.3) is 0 Å². The smallest absolute Gasteiger partial charge is 0.263 e. The molecule has 0 fully saturated rings. The van der Waals surface area contributed by atoms with Gasteiger partial charge in [-0.2, -0.15) is 0 Å². The molecule has 0 aliphatic rings. The van der Waals surface area contributed by atoms with Crippen LogP contribution in [0.5, 0.6) is 0 Å². The molecule has 0 aliphatic carbocycles. The highest BCUT2D eigenvalue weighted by Gasteiger charge is 2.22. The van der Waals surface area contributed by atoms with E-state index in [1.54, 1.807) is 6.92 Å². The Hall–Kier alpha value is -0.940. The van der Waals surface area contributed by atoms with E-state index in [-0.39, 0.29) is 15.5 Å². The van der Waals surface area contributed by atoms with Gasteiger partial charge < -0.3 is 0 Å². The first-order valence-corrected chi connectivity index (χ1v) is 10.2. The molecule has 0 bridgehead atoms. The van der Waals surface area contributed by atoms with Crippen molar-refractivity contribution in [2.45, 2.75) is 16.7 Å². The molecule has 1 heterocycles. The van der Waals surface area contributed by atoms with Gasteiger partial charge in [-0.05, 0) is 41.1 Å². The van der Waals surface area contributed by atoms with Crippen LogP contribution in [0.2, 0.25) is 0 Å². The van der Waals surface area contributed by atoms with Crippen molar-refractivity contribution in [3.8, 4) is 0 Å². The molecule has 10 heteroatoms. The molecular formula is C11H11BrN2O4S3. The predicted octanol–water partition coefficient (Wildman–Crippen LogP) is 2.27. The molecule has 0 aliphatic heterocycles. The molecule has 0 saturated carbocycles. The Bertz CT molecular complexity index is 888. The lowest BCUT2D eigenvalue weighted by Gasteiger charge is -2.11. The molecule has 0 amide bonds. The number of nitrogens with two attached hydrogens (primary N) is 1. The first-order chi connectivity index (χ1) is 9.61. The number of nitrogens with one attached hydrogen (secondary N) is 1. The Labute approximate surface area is 135 Å². The number of hydrogen-bond acceptors (Lipinski definition) is 5. The van der Waals surface area contributed by atoms with Crippen molar-refractivity contribution < 1.29 is 16.8 Å². The first kappa shape index (κ1) is 16.4. The highest BCUT2D eigenvalue weighted by Crippen LogP contribution is 2.31. The Morgan fingerprint density at radius 2 is 1.76 bits per heavy atom. The number of halogens is 1. The van der Waals surface area contributed by atoms with Crippen molar-refractivity contribution in [2.24, 2.45) is 5.14 Å². The zero-order valence-electron chi connectivity index (χ0n) is 10.7. The molecule has 3 N–H and O–H groups in total. The van der Waals surface area contributed by atoms with E-state index < -0.39 is 20.0 Å². The lowest BCUT2D eigenvalue weighted by molar-refractivity contribution is 0.598. The number of primary sulfonamides is 1. The highest BCUT2D eigenvalue weighted by molar-refractivity contribution is 9.11. The first-order valence-electron chi connectivity index (χ1n) is 5.52. The summed E-state index contributed by atoms with van der Waals surface area (Å²) in [5.41, 5.74) is -0.0817. The molecule has 1 aromatic carbocycles. The Morgan fingerprint density at radius 1 is 1.14 bits per heavy atom. The molecule has 1 aromatic heterocycles. The Morgan fingerprint density at radius 3 is 2.29 bits per heavy atom. The number of rotatable bonds is 4. The topological polar surface area (TPSA) is 106 Å². The normalized spacial score (nSPS) is 12.3. The van der Waals surface area contributed by atoms with Crippen LogP contribution in [-0.4, -0.2) is 16.8 Å². The number of hydrogen-bond donors (Lipinski definition) is 2. The molecule has 0 spiro atoms. The van der Waals surface area contributed by atoms with Gasteiger partial charge >= 0.3 is 0 Å². The van der Waals surface area contributed by atoms with Crippen molar-refractivity contribution in [1.82, 2.24) is 0 Å². The lowest BCUT2D eigenvalue weighted by atomic mass is 10.3. The van der Waals surface area contributed by atoms with E-state index in [1.165, 1.54) is 41.7 Å². The van der Waals surface area contributed by atoms with Crippen molar-refractivity contribution in [3.63, 3.8) is 0 Å². The van der Waals surface area contributed by atoms with Crippen LogP contribution in [0.15, 0.2) is 43.9 Å². The number of sulfonamides is 2. The summed E-state index contributed by atoms with van der Waals surface area (Å²) in [6, 6.07) is 7.02. The van der Waals surface area contributed by atoms with E-state index in [9.17, 15) is 16.8 Å². The standard InChI is InChI=1S/C11H11BrN2O4S3/c1-7-10(6-11(12)19-7)21(17,18)14-8-4-2-3-5-9(8)20(13,15)16/h2-6,14H,1H3,(H2,13,15,16). The molecule has 0 saturated heterocycles. The van der Waals surface area contributed by atoms with Gasteiger partial charge in [0.2, 0.25) is 10.0 Å². The van der Waals surface area contributed by atoms with Crippen LogP contribution in [0.3, 0.4) is 0 Å². The van der Waals surface area contributed by atoms with Gasteiger partial charge in [0.05, 0.1) is 9.47 Å². The average molecular weight is 411 g/mol. The summed E-state index contributed by atoms with van der Waals surface area (Å²) in [4.78, 5) is 0.395. The van der Waals surface area contributed by atoms with Gasteiger partial charge in [0, 0.05) is 4.88 Å². The second-order valence-corrected chi connectivity index (χ2v) is 9.93. The molecule has 0 atom stereocenters. The van der Waals surface area contributed by atoms with Crippen molar-refractivity contribution in [2.75, 3.05) is 4.72 Å². The molecule has 2 aromatic rings. The van der Waals surface area contributed by atoms with Crippen LogP contribution >= 0.6 is 27.3 Å². The van der Waals surface area contributed by atoms with Gasteiger partial charge in [-0.1, -0.05) is 12.1 Å². The second kappa shape index (κ2) is 5.69. The van der Waals surface area contributed by atoms with Crippen LogP contribution in [-0.2, 0) is 20.0 Å². The number of thiophene rings is 1. The van der Waals surface area contributed by atoms with Gasteiger partial charge in [-0.25, -0.2) is 22.0 Å². The summed E-state index contributed by atoms with van der Waals surface area (Å²) in [6.07, 6.45) is 0. The second-order valence-electron chi connectivity index (χ2n) is 4.12. The molecule has 0 radical (unpaired) electrons. The van der Waals surface area contributed by atoms with Gasteiger partial charge in [0.25, 0.3) is 10.0 Å². The van der Waals surface area contributed by atoms with Crippen molar-refractivity contribution in [1.29, 1.82) is 0 Å². The summed E-state index contributed by atoms with van der Waals surface area (Å²) in [7, 11) is -7.92. The average Bonchev–Trinajstić information content (AvgIpc) is 2.68. The third-order valence-corrected chi connectivity index (χ3v) is 6.71. The molecule has 0 unspecified atom stereocenters. The van der Waals surface area contributed by atoms with Gasteiger partial charge in [-0.3, -0.25) is 4.72 Å². The van der Waals surface area contributed by atoms with E-state index in [0.29, 0.717) is 8.66 Å². The monoisotopic (exact) mass is 410 g/mol. The quantitative estimate of drug-likeness (QED) is 0.805. The molecule has 21 heavy (non-hydrogen) atoms. The number of benzene rings is 1. The van der Waals surface area contributed by atoms with E-state index in [2.05, 4.69) is 20.7 Å². The Kier molecular flexibility index (Phi) is 4.45. The fourth-order valence-corrected chi connectivity index (χ4v) is 5.95. The summed E-state index contributed by atoms with van der Waals surface area (Å²) in [6.45, 7) is 1.66. The highest BCUT2D eigenvalue weighted by atomic mass is 79.9. The summed E-state index contributed by atoms with van der Waals surface area (Å²) in [5.74, 6) is 0. The maximum atomic E-state index is 12.4. The number of para-hydroxylation sites is 1. The zero-order chi connectivity index (χ0) is 15.8. The predicted molar refractivity (Wildman–Crippen MR) is 85.4 cm³/mol. The summed E-state index contributed by atoms with van der Waals surface area (Å²) in [5, 5.41) is 5.08. The van der Waals surface area contributed by atoms with E-state index >= 15 is 0 Å². The molecule has 2 rings (SSSR count). The number of aryl methyl sites for hydroxylation is 1. The molecule has 6 nitrogen and oxygen atoms in total. The van der Waals surface area contributed by atoms with Gasteiger partial charge in [0.1, 0.15) is 9.79 Å². The lowest BCUT2D eigenvalue weighted by Crippen LogP contribution is -2.18. The van der Waals surface area contributed by atoms with Gasteiger partial charge in [0.15, 0.2) is 0 Å². The van der Waals surface area contributed by atoms with Crippen LogP contribution in [0.1, 0.15) is 4.88 Å². The largest absolute Gasteiger partial charge is 0.278 e. The van der Waals surface area contributed by atoms with Crippen molar-refractivity contribution >= 4 is 53.0 Å². The van der Waals surface area contributed by atoms with Crippen LogP contribution in [0.4, 0.5) is 5.69 Å². The minimum absolute atomic E-state index is 0.0817. The molecule has 114 valence electrons. The van der Waals surface area contributed by atoms with Gasteiger partial charge in [-0.15, -0.1) is 11.3 Å². The third kappa shape index (κ3) is 3.64. The van der Waals surface area contributed by atoms with E-state index in [0.717, 1.165) is 0 Å². The minimum atomic E-state index is -4.03. The maximum absolute atomic E-state index is 12.4. The number of anilines is 1. The Balaban J connectivity index is 2.50. The zero-order valence-corrected chi connectivity index (χ0v) is 14.7. The fraction of sp³-hybridized carbons (Fsp3) is 0.0909. The SMILES string of the molecule is Cc1sc(Br)cc1S(=O)(=O)Nc1ccccc1S(N)(=O)=O.